The van der Waals surface area contributed by atoms with E-state index in [2.05, 4.69) is 5.32 Å². The fourth-order valence-corrected chi connectivity index (χ4v) is 5.58. The molecule has 2 amide bonds. The third-order valence-electron chi connectivity index (χ3n) is 6.28. The van der Waals surface area contributed by atoms with E-state index in [0.29, 0.717) is 30.1 Å². The summed E-state index contributed by atoms with van der Waals surface area (Å²) in [6.45, 7) is 0.943. The van der Waals surface area contributed by atoms with Gasteiger partial charge in [0.2, 0.25) is 5.91 Å². The van der Waals surface area contributed by atoms with E-state index in [0.717, 1.165) is 40.5 Å². The van der Waals surface area contributed by atoms with E-state index in [-0.39, 0.29) is 23.3 Å². The largest absolute Gasteiger partial charge is 0.478 e. The van der Waals surface area contributed by atoms with Gasteiger partial charge in [-0.2, -0.15) is 0 Å². The predicted octanol–water partition coefficient (Wildman–Crippen LogP) is 4.54. The standard InChI is InChI=1S/C24H22N2O4S/c27-21(17-9-8-14-4-1-2-5-16(14)12-17)25-22-20(24(29)30)18-10-11-26(13-19(18)31-22)23(28)15-6-3-7-15/h1-2,4-5,8-9,12,15H,3,6-7,10-11,13H2,(H,25,27)(H,29,30). The number of carbonyl (C=O) groups excluding carboxylic acids is 2. The predicted molar refractivity (Wildman–Crippen MR) is 120 cm³/mol. The van der Waals surface area contributed by atoms with E-state index in [4.69, 9.17) is 0 Å². The molecule has 0 atom stereocenters. The number of aromatic carboxylic acids is 1. The number of fused-ring (bicyclic) bond motifs is 2. The highest BCUT2D eigenvalue weighted by Crippen LogP contribution is 2.39. The molecular weight excluding hydrogens is 412 g/mol. The Morgan fingerprint density at radius 1 is 1.06 bits per heavy atom. The molecule has 2 heterocycles. The van der Waals surface area contributed by atoms with Gasteiger partial charge in [-0.1, -0.05) is 36.8 Å². The normalized spacial score (nSPS) is 15.9. The Balaban J connectivity index is 1.41. The Hall–Kier alpha value is -3.19. The Kier molecular flexibility index (Phi) is 4.98. The lowest BCUT2D eigenvalue weighted by Gasteiger charge is -2.33. The van der Waals surface area contributed by atoms with Gasteiger partial charge in [0, 0.05) is 22.9 Å². The van der Waals surface area contributed by atoms with Crippen molar-refractivity contribution in [2.75, 3.05) is 11.9 Å². The molecule has 1 saturated carbocycles. The molecule has 31 heavy (non-hydrogen) atoms. The fourth-order valence-electron chi connectivity index (χ4n) is 4.33. The number of hydrogen-bond acceptors (Lipinski definition) is 4. The average molecular weight is 435 g/mol. The number of anilines is 1. The minimum Gasteiger partial charge on any atom is -0.478 e. The van der Waals surface area contributed by atoms with Crippen molar-refractivity contribution in [3.63, 3.8) is 0 Å². The van der Waals surface area contributed by atoms with Crippen molar-refractivity contribution in [1.82, 2.24) is 4.90 Å². The van der Waals surface area contributed by atoms with Gasteiger partial charge in [-0.25, -0.2) is 4.79 Å². The van der Waals surface area contributed by atoms with Crippen LogP contribution in [-0.4, -0.2) is 34.3 Å². The molecule has 1 aliphatic heterocycles. The van der Waals surface area contributed by atoms with Crippen LogP contribution in [0.5, 0.6) is 0 Å². The highest BCUT2D eigenvalue weighted by atomic mass is 32.1. The molecule has 0 radical (unpaired) electrons. The minimum atomic E-state index is -1.05. The summed E-state index contributed by atoms with van der Waals surface area (Å²) >= 11 is 1.27. The Morgan fingerprint density at radius 2 is 1.84 bits per heavy atom. The monoisotopic (exact) mass is 434 g/mol. The van der Waals surface area contributed by atoms with Gasteiger partial charge >= 0.3 is 5.97 Å². The molecule has 2 aliphatic rings. The van der Waals surface area contributed by atoms with Crippen LogP contribution in [0.2, 0.25) is 0 Å². The SMILES string of the molecule is O=C(Nc1sc2c(c1C(=O)O)CCN(C(=O)C1CCC1)C2)c1ccc2ccccc2c1. The number of nitrogens with zero attached hydrogens (tertiary/aromatic N) is 1. The topological polar surface area (TPSA) is 86.7 Å². The van der Waals surface area contributed by atoms with Crippen LogP contribution in [0.25, 0.3) is 10.8 Å². The zero-order valence-electron chi connectivity index (χ0n) is 16.9. The molecule has 0 bridgehead atoms. The number of rotatable bonds is 4. The molecule has 3 aromatic rings. The van der Waals surface area contributed by atoms with Crippen molar-refractivity contribution in [3.05, 3.63) is 64.0 Å². The smallest absolute Gasteiger partial charge is 0.339 e. The van der Waals surface area contributed by atoms with Crippen molar-refractivity contribution < 1.29 is 19.5 Å². The molecule has 1 aromatic heterocycles. The molecule has 0 unspecified atom stereocenters. The summed E-state index contributed by atoms with van der Waals surface area (Å²) in [5.41, 5.74) is 1.37. The van der Waals surface area contributed by atoms with Gasteiger partial charge in [-0.3, -0.25) is 9.59 Å². The summed E-state index contributed by atoms with van der Waals surface area (Å²) in [6.07, 6.45) is 3.49. The minimum absolute atomic E-state index is 0.118. The maximum atomic E-state index is 12.9. The third-order valence-corrected chi connectivity index (χ3v) is 7.41. The molecule has 1 aliphatic carbocycles. The first-order valence-corrected chi connectivity index (χ1v) is 11.3. The Labute approximate surface area is 183 Å². The quantitative estimate of drug-likeness (QED) is 0.631. The van der Waals surface area contributed by atoms with Crippen LogP contribution >= 0.6 is 11.3 Å². The van der Waals surface area contributed by atoms with E-state index >= 15 is 0 Å². The molecular formula is C24H22N2O4S. The van der Waals surface area contributed by atoms with Crippen LogP contribution in [0, 0.1) is 5.92 Å². The summed E-state index contributed by atoms with van der Waals surface area (Å²) in [4.78, 5) is 40.2. The first-order chi connectivity index (χ1) is 15.0. The second-order valence-corrected chi connectivity index (χ2v) is 9.27. The van der Waals surface area contributed by atoms with E-state index in [9.17, 15) is 19.5 Å². The highest BCUT2D eigenvalue weighted by Gasteiger charge is 2.34. The summed E-state index contributed by atoms with van der Waals surface area (Å²) in [5.74, 6) is -1.10. The van der Waals surface area contributed by atoms with Gasteiger partial charge in [0.25, 0.3) is 5.91 Å². The van der Waals surface area contributed by atoms with Crippen molar-refractivity contribution >= 4 is 44.9 Å². The first kappa shape index (κ1) is 19.8. The van der Waals surface area contributed by atoms with Crippen LogP contribution in [0.3, 0.4) is 0 Å². The summed E-state index contributed by atoms with van der Waals surface area (Å²) in [5, 5.41) is 15.0. The van der Waals surface area contributed by atoms with Gasteiger partial charge in [-0.05, 0) is 47.7 Å². The van der Waals surface area contributed by atoms with Crippen LogP contribution < -0.4 is 5.32 Å². The third kappa shape index (κ3) is 3.59. The number of nitrogens with one attached hydrogen (secondary N) is 1. The lowest BCUT2D eigenvalue weighted by atomic mass is 9.84. The van der Waals surface area contributed by atoms with Gasteiger partial charge in [-0.15, -0.1) is 11.3 Å². The number of hydrogen-bond donors (Lipinski definition) is 2. The Morgan fingerprint density at radius 3 is 2.55 bits per heavy atom. The molecule has 0 saturated heterocycles. The first-order valence-electron chi connectivity index (χ1n) is 10.5. The molecule has 1 fully saturated rings. The van der Waals surface area contributed by atoms with Crippen molar-refractivity contribution in [3.8, 4) is 0 Å². The second kappa shape index (κ2) is 7.81. The lowest BCUT2D eigenvalue weighted by Crippen LogP contribution is -2.41. The number of amides is 2. The molecule has 7 heteroatoms. The number of carbonyl (C=O) groups is 3. The van der Waals surface area contributed by atoms with Crippen molar-refractivity contribution in [2.45, 2.75) is 32.2 Å². The van der Waals surface area contributed by atoms with Gasteiger partial charge < -0.3 is 15.3 Å². The molecule has 2 N–H and O–H groups in total. The average Bonchev–Trinajstić information content (AvgIpc) is 3.09. The molecule has 6 nitrogen and oxygen atoms in total. The summed E-state index contributed by atoms with van der Waals surface area (Å²) in [7, 11) is 0. The maximum Gasteiger partial charge on any atom is 0.339 e. The Bertz CT molecular complexity index is 1210. The van der Waals surface area contributed by atoms with Gasteiger partial charge in [0.15, 0.2) is 0 Å². The number of benzene rings is 2. The lowest BCUT2D eigenvalue weighted by molar-refractivity contribution is -0.139. The zero-order valence-corrected chi connectivity index (χ0v) is 17.7. The van der Waals surface area contributed by atoms with Crippen LogP contribution in [0.1, 0.15) is 50.4 Å². The van der Waals surface area contributed by atoms with Gasteiger partial charge in [0.1, 0.15) is 5.00 Å². The fraction of sp³-hybridized carbons (Fsp3) is 0.292. The van der Waals surface area contributed by atoms with Crippen LogP contribution in [-0.2, 0) is 17.8 Å². The molecule has 0 spiro atoms. The zero-order chi connectivity index (χ0) is 21.5. The summed E-state index contributed by atoms with van der Waals surface area (Å²) < 4.78 is 0. The molecule has 158 valence electrons. The van der Waals surface area contributed by atoms with Crippen LogP contribution in [0.4, 0.5) is 5.00 Å². The number of thiophene rings is 1. The van der Waals surface area contributed by atoms with Crippen molar-refractivity contribution in [2.24, 2.45) is 5.92 Å². The summed E-state index contributed by atoms with van der Waals surface area (Å²) in [6, 6.07) is 13.2. The van der Waals surface area contributed by atoms with Gasteiger partial charge in [0.05, 0.1) is 12.1 Å². The second-order valence-electron chi connectivity index (χ2n) is 8.17. The van der Waals surface area contributed by atoms with E-state index < -0.39 is 5.97 Å². The highest BCUT2D eigenvalue weighted by molar-refractivity contribution is 7.17. The number of carboxylic acid groups (broad SMARTS) is 1. The van der Waals surface area contributed by atoms with E-state index in [1.807, 2.05) is 35.2 Å². The van der Waals surface area contributed by atoms with E-state index in [1.54, 1.807) is 12.1 Å². The number of carboxylic acids is 1. The maximum absolute atomic E-state index is 12.9. The van der Waals surface area contributed by atoms with Crippen LogP contribution in [0.15, 0.2) is 42.5 Å². The molecule has 2 aromatic carbocycles. The molecule has 5 rings (SSSR count). The van der Waals surface area contributed by atoms with Crippen molar-refractivity contribution in [1.29, 1.82) is 0 Å². The van der Waals surface area contributed by atoms with E-state index in [1.165, 1.54) is 11.3 Å².